The summed E-state index contributed by atoms with van der Waals surface area (Å²) >= 11 is 0. The average Bonchev–Trinajstić information content (AvgIpc) is 3.68. The minimum absolute atomic E-state index is 0.0139. The van der Waals surface area contributed by atoms with Gasteiger partial charge < -0.3 is 10.2 Å². The van der Waals surface area contributed by atoms with E-state index in [1.165, 1.54) is 30.4 Å². The van der Waals surface area contributed by atoms with E-state index < -0.39 is 0 Å². The fourth-order valence-electron chi connectivity index (χ4n) is 7.26. The molecular weight excluding hydrogens is 472 g/mol. The van der Waals surface area contributed by atoms with Crippen molar-refractivity contribution in [1.29, 1.82) is 0 Å². The van der Waals surface area contributed by atoms with Gasteiger partial charge in [0.15, 0.2) is 0 Å². The van der Waals surface area contributed by atoms with Crippen LogP contribution in [0.4, 0.5) is 0 Å². The van der Waals surface area contributed by atoms with Crippen molar-refractivity contribution >= 4 is 11.8 Å². The van der Waals surface area contributed by atoms with Gasteiger partial charge in [0, 0.05) is 56.4 Å². The van der Waals surface area contributed by atoms with Crippen LogP contribution in [0.25, 0.3) is 0 Å². The zero-order valence-electron chi connectivity index (χ0n) is 22.7. The smallest absolute Gasteiger partial charge is 0.258 e. The number of amides is 2. The Bertz CT molecular complexity index is 1200. The van der Waals surface area contributed by atoms with Crippen LogP contribution in [0.15, 0.2) is 60.3 Å². The van der Waals surface area contributed by atoms with E-state index in [0.717, 1.165) is 61.8 Å². The molecule has 1 saturated carbocycles. The number of carbonyl (C=O) groups is 2. The highest BCUT2D eigenvalue weighted by molar-refractivity contribution is 5.98. The lowest BCUT2D eigenvalue weighted by atomic mass is 10.0. The number of rotatable bonds is 8. The monoisotopic (exact) mass is 512 g/mol. The quantitative estimate of drug-likeness (QED) is 0.573. The molecule has 2 saturated heterocycles. The Morgan fingerprint density at radius 3 is 2.45 bits per heavy atom. The van der Waals surface area contributed by atoms with Gasteiger partial charge in [0.2, 0.25) is 5.91 Å². The number of carbonyl (C=O) groups excluding carboxylic acids is 2. The van der Waals surface area contributed by atoms with E-state index in [9.17, 15) is 9.59 Å². The molecule has 3 heterocycles. The van der Waals surface area contributed by atoms with Crippen molar-refractivity contribution in [2.45, 2.75) is 51.6 Å². The molecule has 1 N–H and O–H groups in total. The SMILES string of the molecule is Cc1cccc(C)c1C(=O)N1C=C2CN(CC[C@H](NC(=O)CN3CC4CCC3C4)c3ccccc3)CC2C1. The predicted molar refractivity (Wildman–Crippen MR) is 150 cm³/mol. The number of hydrogen-bond donors (Lipinski definition) is 1. The maximum absolute atomic E-state index is 13.3. The molecule has 2 amide bonds. The number of nitrogens with one attached hydrogen (secondary N) is 1. The van der Waals surface area contributed by atoms with Crippen LogP contribution in [-0.4, -0.2) is 71.8 Å². The molecule has 200 valence electrons. The molecule has 1 aliphatic carbocycles. The van der Waals surface area contributed by atoms with Gasteiger partial charge in [-0.05, 0) is 67.7 Å². The first-order valence-electron chi connectivity index (χ1n) is 14.3. The first-order chi connectivity index (χ1) is 18.4. The molecule has 2 bridgehead atoms. The molecule has 6 heteroatoms. The molecule has 3 fully saturated rings. The van der Waals surface area contributed by atoms with Gasteiger partial charge in [-0.2, -0.15) is 0 Å². The van der Waals surface area contributed by atoms with Crippen molar-refractivity contribution in [1.82, 2.24) is 20.0 Å². The van der Waals surface area contributed by atoms with E-state index in [1.54, 1.807) is 0 Å². The van der Waals surface area contributed by atoms with E-state index in [-0.39, 0.29) is 17.9 Å². The fourth-order valence-corrected chi connectivity index (χ4v) is 7.26. The number of nitrogens with zero attached hydrogens (tertiary/aromatic N) is 3. The van der Waals surface area contributed by atoms with Crippen LogP contribution in [0.1, 0.15) is 58.8 Å². The Morgan fingerprint density at radius 1 is 0.974 bits per heavy atom. The summed E-state index contributed by atoms with van der Waals surface area (Å²) in [6, 6.07) is 17.1. The number of benzene rings is 2. The van der Waals surface area contributed by atoms with Gasteiger partial charge >= 0.3 is 0 Å². The van der Waals surface area contributed by atoms with Crippen LogP contribution in [-0.2, 0) is 4.79 Å². The van der Waals surface area contributed by atoms with Crippen LogP contribution >= 0.6 is 0 Å². The third-order valence-corrected chi connectivity index (χ3v) is 9.24. The van der Waals surface area contributed by atoms with Gasteiger partial charge in [0.25, 0.3) is 5.91 Å². The van der Waals surface area contributed by atoms with Crippen molar-refractivity contribution in [2.24, 2.45) is 11.8 Å². The highest BCUT2D eigenvalue weighted by Gasteiger charge is 2.39. The summed E-state index contributed by atoms with van der Waals surface area (Å²) in [5.74, 6) is 1.47. The molecule has 3 aliphatic heterocycles. The van der Waals surface area contributed by atoms with Crippen LogP contribution < -0.4 is 5.32 Å². The summed E-state index contributed by atoms with van der Waals surface area (Å²) < 4.78 is 0. The normalized spacial score (nSPS) is 25.5. The molecular formula is C32H40N4O2. The zero-order chi connectivity index (χ0) is 26.2. The summed E-state index contributed by atoms with van der Waals surface area (Å²) in [5, 5.41) is 3.37. The highest BCUT2D eigenvalue weighted by Crippen LogP contribution is 2.37. The van der Waals surface area contributed by atoms with Crippen molar-refractivity contribution in [3.05, 3.63) is 82.6 Å². The zero-order valence-corrected chi connectivity index (χ0v) is 22.7. The van der Waals surface area contributed by atoms with Crippen molar-refractivity contribution in [3.63, 3.8) is 0 Å². The summed E-state index contributed by atoms with van der Waals surface area (Å²) in [5.41, 5.74) is 5.45. The molecule has 6 rings (SSSR count). The lowest BCUT2D eigenvalue weighted by molar-refractivity contribution is -0.123. The number of piperidine rings is 1. The van der Waals surface area contributed by atoms with Crippen LogP contribution in [0, 0.1) is 25.7 Å². The van der Waals surface area contributed by atoms with Gasteiger partial charge in [0.05, 0.1) is 12.6 Å². The number of likely N-dealkylation sites (tertiary alicyclic amines) is 2. The Balaban J connectivity index is 1.06. The van der Waals surface area contributed by atoms with Gasteiger partial charge in [0.1, 0.15) is 0 Å². The molecule has 3 unspecified atom stereocenters. The third-order valence-electron chi connectivity index (χ3n) is 9.24. The van der Waals surface area contributed by atoms with Crippen molar-refractivity contribution < 1.29 is 9.59 Å². The second kappa shape index (κ2) is 10.7. The Labute approximate surface area is 226 Å². The molecule has 38 heavy (non-hydrogen) atoms. The molecule has 0 radical (unpaired) electrons. The molecule has 0 spiro atoms. The minimum atomic E-state index is 0.0139. The summed E-state index contributed by atoms with van der Waals surface area (Å²) in [6.07, 6.45) is 6.83. The van der Waals surface area contributed by atoms with Crippen LogP contribution in [0.2, 0.25) is 0 Å². The van der Waals surface area contributed by atoms with E-state index in [4.69, 9.17) is 0 Å². The summed E-state index contributed by atoms with van der Waals surface area (Å²) in [4.78, 5) is 33.1. The number of hydrogen-bond acceptors (Lipinski definition) is 4. The summed E-state index contributed by atoms with van der Waals surface area (Å²) in [7, 11) is 0. The minimum Gasteiger partial charge on any atom is -0.348 e. The first-order valence-corrected chi connectivity index (χ1v) is 14.3. The molecule has 4 aliphatic rings. The van der Waals surface area contributed by atoms with E-state index >= 15 is 0 Å². The van der Waals surface area contributed by atoms with E-state index in [1.807, 2.05) is 43.0 Å². The Hall–Kier alpha value is -2.96. The maximum Gasteiger partial charge on any atom is 0.258 e. The lowest BCUT2D eigenvalue weighted by Gasteiger charge is -2.28. The van der Waals surface area contributed by atoms with Crippen molar-refractivity contribution in [3.8, 4) is 0 Å². The van der Waals surface area contributed by atoms with Gasteiger partial charge in [-0.3, -0.25) is 19.4 Å². The lowest BCUT2D eigenvalue weighted by Crippen LogP contribution is -2.42. The number of fused-ring (bicyclic) bond motifs is 3. The molecule has 6 nitrogen and oxygen atoms in total. The second-order valence-corrected chi connectivity index (χ2v) is 11.9. The second-order valence-electron chi connectivity index (χ2n) is 11.9. The maximum atomic E-state index is 13.3. The van der Waals surface area contributed by atoms with Crippen molar-refractivity contribution in [2.75, 3.05) is 39.3 Å². The fraction of sp³-hybridized carbons (Fsp3) is 0.500. The molecule has 2 aromatic rings. The van der Waals surface area contributed by atoms with Crippen LogP contribution in [0.3, 0.4) is 0 Å². The van der Waals surface area contributed by atoms with E-state index in [0.29, 0.717) is 18.5 Å². The molecule has 2 aromatic carbocycles. The van der Waals surface area contributed by atoms with E-state index in [2.05, 4.69) is 45.6 Å². The van der Waals surface area contributed by atoms with Crippen LogP contribution in [0.5, 0.6) is 0 Å². The number of aryl methyl sites for hydroxylation is 2. The van der Waals surface area contributed by atoms with Gasteiger partial charge in [-0.25, -0.2) is 0 Å². The molecule has 4 atom stereocenters. The Morgan fingerprint density at radius 2 is 1.76 bits per heavy atom. The topological polar surface area (TPSA) is 55.9 Å². The predicted octanol–water partition coefficient (Wildman–Crippen LogP) is 4.31. The summed E-state index contributed by atoms with van der Waals surface area (Å²) in [6.45, 7) is 9.19. The average molecular weight is 513 g/mol. The standard InChI is InChI=1S/C32H40N4O2/c1-22-7-6-8-23(2)31(22)32(38)36-19-26-17-34(18-27(26)20-36)14-13-29(25-9-4-3-5-10-25)33-30(37)21-35-16-24-11-12-28(35)15-24/h3-10,19,24,27-29H,11-18,20-21H2,1-2H3,(H,33,37)/t24?,27?,28?,29-/m0/s1. The van der Waals surface area contributed by atoms with Gasteiger partial charge in [-0.15, -0.1) is 0 Å². The largest absolute Gasteiger partial charge is 0.348 e. The van der Waals surface area contributed by atoms with Gasteiger partial charge in [-0.1, -0.05) is 48.5 Å². The first kappa shape index (κ1) is 25.3. The third kappa shape index (κ3) is 5.16. The Kier molecular flexibility index (Phi) is 7.10. The molecule has 0 aromatic heterocycles. The highest BCUT2D eigenvalue weighted by atomic mass is 16.2.